The molecule has 0 aliphatic heterocycles. The molecule has 0 bridgehead atoms. The van der Waals surface area contributed by atoms with Crippen LogP contribution in [0.15, 0.2) is 77.3 Å². The molecule has 43 heavy (non-hydrogen) atoms. The van der Waals surface area contributed by atoms with Crippen molar-refractivity contribution in [2.45, 2.75) is 32.1 Å². The molecule has 0 aliphatic carbocycles. The predicted octanol–water partition coefficient (Wildman–Crippen LogP) is 7.79. The van der Waals surface area contributed by atoms with Gasteiger partial charge in [-0.05, 0) is 73.1 Å². The van der Waals surface area contributed by atoms with E-state index in [1.807, 2.05) is 30.3 Å². The van der Waals surface area contributed by atoms with Crippen LogP contribution in [0.3, 0.4) is 0 Å². The molecule has 6 nitrogen and oxygen atoms in total. The Morgan fingerprint density at radius 1 is 0.907 bits per heavy atom. The third-order valence-corrected chi connectivity index (χ3v) is 7.59. The third kappa shape index (κ3) is 8.79. The Balaban J connectivity index is 1.72. The van der Waals surface area contributed by atoms with Gasteiger partial charge in [0.15, 0.2) is 0 Å². The van der Waals surface area contributed by atoms with Crippen molar-refractivity contribution >= 4 is 50.9 Å². The fraction of sp³-hybridized carbons (Fsp3) is 0.194. The number of alkyl halides is 3. The lowest BCUT2D eigenvalue weighted by Crippen LogP contribution is -2.25. The predicted molar refractivity (Wildman–Crippen MR) is 166 cm³/mol. The molecule has 2 amide bonds. The van der Waals surface area contributed by atoms with Crippen molar-refractivity contribution in [3.63, 3.8) is 0 Å². The lowest BCUT2D eigenvalue weighted by atomic mass is 9.96. The van der Waals surface area contributed by atoms with E-state index in [2.05, 4.69) is 26.6 Å². The molecule has 0 saturated carbocycles. The van der Waals surface area contributed by atoms with Crippen LogP contribution in [0, 0.1) is 0 Å². The molecule has 224 valence electrons. The van der Waals surface area contributed by atoms with Crippen molar-refractivity contribution in [1.29, 1.82) is 0 Å². The van der Waals surface area contributed by atoms with Gasteiger partial charge in [-0.1, -0.05) is 57.3 Å². The number of hydrogen-bond acceptors (Lipinski definition) is 4. The highest BCUT2D eigenvalue weighted by Crippen LogP contribution is 2.38. The number of halogens is 6. The zero-order valence-corrected chi connectivity index (χ0v) is 25.7. The number of nitrogens with zero attached hydrogens (tertiary/aromatic N) is 1. The number of carbonyl (C=O) groups excluding carboxylic acids is 2. The van der Waals surface area contributed by atoms with Crippen LogP contribution in [0.4, 0.5) is 13.2 Å². The molecule has 0 fully saturated rings. The molecule has 4 rings (SSSR count). The van der Waals surface area contributed by atoms with Crippen LogP contribution in [0.5, 0.6) is 0 Å². The van der Waals surface area contributed by atoms with Crippen molar-refractivity contribution in [3.8, 4) is 22.4 Å². The first-order chi connectivity index (χ1) is 20.4. The largest absolute Gasteiger partial charge is 0.416 e. The fourth-order valence-electron chi connectivity index (χ4n) is 4.32. The van der Waals surface area contributed by atoms with Crippen LogP contribution >= 0.6 is 39.1 Å². The molecule has 4 N–H and O–H groups in total. The number of nitrogens with one attached hydrogen (secondary N) is 2. The average molecular weight is 694 g/mol. The number of primary amides is 1. The number of benzene rings is 3. The second kappa shape index (κ2) is 14.4. The first kappa shape index (κ1) is 32.5. The summed E-state index contributed by atoms with van der Waals surface area (Å²) in [4.78, 5) is 29.0. The highest BCUT2D eigenvalue weighted by molar-refractivity contribution is 9.10. The maximum absolute atomic E-state index is 13.0. The first-order valence-electron chi connectivity index (χ1n) is 13.1. The Kier molecular flexibility index (Phi) is 10.8. The molecule has 0 spiro atoms. The number of hydrogen-bond donors (Lipinski definition) is 3. The number of carbonyl (C=O) groups is 2. The van der Waals surface area contributed by atoms with Gasteiger partial charge in [0.25, 0.3) is 5.91 Å². The van der Waals surface area contributed by atoms with Crippen molar-refractivity contribution in [2.75, 3.05) is 6.54 Å². The summed E-state index contributed by atoms with van der Waals surface area (Å²) in [6, 6.07) is 18.6. The zero-order valence-electron chi connectivity index (χ0n) is 22.6. The summed E-state index contributed by atoms with van der Waals surface area (Å²) in [6.45, 7) is 0.840. The lowest BCUT2D eigenvalue weighted by Gasteiger charge is -2.18. The first-order valence-corrected chi connectivity index (χ1v) is 14.7. The van der Waals surface area contributed by atoms with E-state index in [0.29, 0.717) is 57.6 Å². The summed E-state index contributed by atoms with van der Waals surface area (Å²) in [5.74, 6) is -0.939. The quantitative estimate of drug-likeness (QED) is 0.140. The maximum Gasteiger partial charge on any atom is 0.416 e. The van der Waals surface area contributed by atoms with Gasteiger partial charge in [0.2, 0.25) is 5.91 Å². The summed E-state index contributed by atoms with van der Waals surface area (Å²) >= 11 is 16.2. The van der Waals surface area contributed by atoms with Crippen molar-refractivity contribution in [1.82, 2.24) is 15.6 Å². The molecular formula is C31H26BrCl2F3N4O2. The van der Waals surface area contributed by atoms with Gasteiger partial charge in [-0.3, -0.25) is 14.6 Å². The molecule has 1 heterocycles. The van der Waals surface area contributed by atoms with Crippen molar-refractivity contribution in [3.05, 3.63) is 110 Å². The topological polar surface area (TPSA) is 97.1 Å². The van der Waals surface area contributed by atoms with E-state index in [4.69, 9.17) is 33.9 Å². The van der Waals surface area contributed by atoms with Gasteiger partial charge in [0.05, 0.1) is 17.0 Å². The molecule has 4 aromatic rings. The number of rotatable bonds is 11. The van der Waals surface area contributed by atoms with Gasteiger partial charge >= 0.3 is 6.18 Å². The molecular weight excluding hydrogens is 668 g/mol. The second-order valence-corrected chi connectivity index (χ2v) is 11.4. The Morgan fingerprint density at radius 3 is 2.23 bits per heavy atom. The minimum absolute atomic E-state index is 0.0317. The minimum Gasteiger partial charge on any atom is -0.370 e. The van der Waals surface area contributed by atoms with Crippen molar-refractivity contribution < 1.29 is 22.8 Å². The smallest absolute Gasteiger partial charge is 0.370 e. The van der Waals surface area contributed by atoms with E-state index < -0.39 is 23.6 Å². The monoisotopic (exact) mass is 692 g/mol. The van der Waals surface area contributed by atoms with Crippen molar-refractivity contribution in [2.24, 2.45) is 5.73 Å². The van der Waals surface area contributed by atoms with Gasteiger partial charge in [-0.2, -0.15) is 13.2 Å². The number of aromatic nitrogens is 1. The van der Waals surface area contributed by atoms with E-state index in [1.165, 1.54) is 0 Å². The standard InChI is InChI=1S/C31H26BrCl2F3N4O2/c32-22-9-5-18(6-10-22)29-25(24-12-11-23(33)15-26(24)34)14-20(27(41-29)17-39-13-1-2-28(38)42)16-40-30(43)19-3-7-21(8-4-19)31(35,36)37/h3-12,14-15,39H,1-2,13,16-17H2,(H2,38,42)(H,40,43). The molecule has 1 aromatic heterocycles. The van der Waals surface area contributed by atoms with E-state index >= 15 is 0 Å². The Morgan fingerprint density at radius 2 is 1.60 bits per heavy atom. The third-order valence-electron chi connectivity index (χ3n) is 6.51. The molecule has 0 atom stereocenters. The van der Waals surface area contributed by atoms with Gasteiger partial charge in [-0.15, -0.1) is 0 Å². The Bertz CT molecular complexity index is 1620. The van der Waals surface area contributed by atoms with Crippen LogP contribution in [-0.2, 0) is 24.1 Å². The number of amides is 2. The zero-order chi connectivity index (χ0) is 31.1. The van der Waals surface area contributed by atoms with Gasteiger partial charge in [-0.25, -0.2) is 0 Å². The summed E-state index contributed by atoms with van der Waals surface area (Å²) in [6.07, 6.45) is -3.74. The second-order valence-electron chi connectivity index (χ2n) is 9.63. The summed E-state index contributed by atoms with van der Waals surface area (Å²) < 4.78 is 39.8. The molecule has 0 unspecified atom stereocenters. The van der Waals surface area contributed by atoms with Crippen LogP contribution in [0.1, 0.15) is 40.0 Å². The normalized spacial score (nSPS) is 11.4. The molecule has 12 heteroatoms. The molecule has 0 radical (unpaired) electrons. The highest BCUT2D eigenvalue weighted by Gasteiger charge is 2.30. The fourth-order valence-corrected chi connectivity index (χ4v) is 5.10. The minimum atomic E-state index is -4.50. The molecule has 0 aliphatic rings. The Hall–Kier alpha value is -3.44. The number of pyridine rings is 1. The molecule has 0 saturated heterocycles. The van der Waals surface area contributed by atoms with E-state index in [9.17, 15) is 22.8 Å². The van der Waals surface area contributed by atoms with Crippen LogP contribution in [0.25, 0.3) is 22.4 Å². The number of nitrogens with two attached hydrogens (primary N) is 1. The van der Waals surface area contributed by atoms with Gasteiger partial charge in [0, 0.05) is 56.3 Å². The molecule has 3 aromatic carbocycles. The highest BCUT2D eigenvalue weighted by atomic mass is 79.9. The van der Waals surface area contributed by atoms with E-state index in [0.717, 1.165) is 34.3 Å². The van der Waals surface area contributed by atoms with E-state index in [-0.39, 0.29) is 18.5 Å². The van der Waals surface area contributed by atoms with Crippen LogP contribution in [0.2, 0.25) is 10.0 Å². The van der Waals surface area contributed by atoms with E-state index in [1.54, 1.807) is 18.2 Å². The van der Waals surface area contributed by atoms with Crippen LogP contribution in [-0.4, -0.2) is 23.3 Å². The average Bonchev–Trinajstić information content (AvgIpc) is 2.96. The van der Waals surface area contributed by atoms with Gasteiger partial charge < -0.3 is 16.4 Å². The maximum atomic E-state index is 13.0. The lowest BCUT2D eigenvalue weighted by molar-refractivity contribution is -0.137. The summed E-state index contributed by atoms with van der Waals surface area (Å²) in [7, 11) is 0. The summed E-state index contributed by atoms with van der Waals surface area (Å²) in [5, 5.41) is 6.93. The van der Waals surface area contributed by atoms with Crippen LogP contribution < -0.4 is 16.4 Å². The summed E-state index contributed by atoms with van der Waals surface area (Å²) in [5.41, 5.74) is 8.60. The SMILES string of the molecule is NC(=O)CCCNCc1nc(-c2ccc(Br)cc2)c(-c2ccc(Cl)cc2Cl)cc1CNC(=O)c1ccc(C(F)(F)F)cc1. The van der Waals surface area contributed by atoms with Gasteiger partial charge in [0.1, 0.15) is 0 Å². The Labute approximate surface area is 264 Å².